The topological polar surface area (TPSA) is 54.0 Å². The molecule has 0 fully saturated rings. The van der Waals surface area contributed by atoms with E-state index in [1.165, 1.54) is 11.1 Å². The van der Waals surface area contributed by atoms with Crippen LogP contribution in [-0.4, -0.2) is 5.97 Å². The number of esters is 1. The van der Waals surface area contributed by atoms with Crippen molar-refractivity contribution in [2.45, 2.75) is 25.6 Å². The van der Waals surface area contributed by atoms with E-state index in [4.69, 9.17) is 9.47 Å². The van der Waals surface area contributed by atoms with Gasteiger partial charge in [-0.1, -0.05) is 115 Å². The number of rotatable bonds is 10. The van der Waals surface area contributed by atoms with Gasteiger partial charge in [0, 0.05) is 70.0 Å². The number of para-hydroxylation sites is 2. The van der Waals surface area contributed by atoms with Crippen molar-refractivity contribution in [3.8, 4) is 11.5 Å². The van der Waals surface area contributed by atoms with Gasteiger partial charge in [-0.3, -0.25) is 0 Å². The largest absolute Gasteiger partial charge is 0.456 e. The van der Waals surface area contributed by atoms with Crippen LogP contribution in [0.25, 0.3) is 0 Å². The van der Waals surface area contributed by atoms with Crippen LogP contribution in [0.4, 0.5) is 34.1 Å². The molecule has 0 aliphatic carbocycles. The number of hydrogen-bond donors (Lipinski definition) is 1. The Morgan fingerprint density at radius 1 is 0.492 bits per heavy atom. The van der Waals surface area contributed by atoms with Crippen molar-refractivity contribution in [1.29, 1.82) is 0 Å². The highest BCUT2D eigenvalue weighted by molar-refractivity contribution is 5.97. The average Bonchev–Trinajstić information content (AvgIpc) is 3.58. The van der Waals surface area contributed by atoms with Gasteiger partial charge in [-0.25, -0.2) is 4.79 Å². The zero-order valence-corrected chi connectivity index (χ0v) is 32.6. The van der Waals surface area contributed by atoms with E-state index in [2.05, 4.69) is 156 Å². The van der Waals surface area contributed by atoms with Crippen molar-refractivity contribution in [1.82, 2.24) is 0 Å². The second kappa shape index (κ2) is 15.1. The summed E-state index contributed by atoms with van der Waals surface area (Å²) in [5.41, 5.74) is 11.2. The van der Waals surface area contributed by atoms with E-state index in [-0.39, 0.29) is 5.97 Å². The lowest BCUT2D eigenvalue weighted by atomic mass is 9.77. The maximum absolute atomic E-state index is 13.7. The number of fused-ring (bicyclic) bond motifs is 6. The zero-order valence-electron chi connectivity index (χ0n) is 32.6. The second-order valence-corrected chi connectivity index (χ2v) is 15.0. The number of carbonyl (C=O) groups is 1. The predicted molar refractivity (Wildman–Crippen MR) is 237 cm³/mol. The number of carbonyl (C=O) groups excluding carboxylic acids is 1. The molecular weight excluding hydrogens is 727 g/mol. The fourth-order valence-corrected chi connectivity index (χ4v) is 8.40. The first kappa shape index (κ1) is 35.8. The SMILES string of the molecule is Cc1cc2c(cc1Nc1ccccc1)C1(OC(=O)c3ccccc31)c1ccc(N(Cc3ccccc3)c3ccc(N(Cc4ccccc4)c4ccccc4)cc3)cc1O2. The number of nitrogens with zero attached hydrogens (tertiary/aromatic N) is 2. The molecule has 2 aliphatic rings. The van der Waals surface area contributed by atoms with Crippen LogP contribution in [-0.2, 0) is 23.4 Å². The van der Waals surface area contributed by atoms with Crippen LogP contribution >= 0.6 is 0 Å². The van der Waals surface area contributed by atoms with E-state index >= 15 is 0 Å². The van der Waals surface area contributed by atoms with Crippen molar-refractivity contribution < 1.29 is 14.3 Å². The van der Waals surface area contributed by atoms with E-state index in [0.717, 1.165) is 62.9 Å². The van der Waals surface area contributed by atoms with Crippen molar-refractivity contribution in [2.75, 3.05) is 15.1 Å². The number of ether oxygens (including phenoxy) is 2. The first-order chi connectivity index (χ1) is 29.0. The van der Waals surface area contributed by atoms with E-state index < -0.39 is 5.60 Å². The third-order valence-electron chi connectivity index (χ3n) is 11.3. The summed E-state index contributed by atoms with van der Waals surface area (Å²) in [7, 11) is 0. The molecule has 1 spiro atoms. The molecule has 0 saturated carbocycles. The van der Waals surface area contributed by atoms with Crippen molar-refractivity contribution in [3.63, 3.8) is 0 Å². The Morgan fingerprint density at radius 3 is 1.64 bits per heavy atom. The minimum Gasteiger partial charge on any atom is -0.456 e. The summed E-state index contributed by atoms with van der Waals surface area (Å²) < 4.78 is 13.5. The summed E-state index contributed by atoms with van der Waals surface area (Å²) in [5.74, 6) is 0.924. The third-order valence-corrected chi connectivity index (χ3v) is 11.3. The average molecular weight is 768 g/mol. The molecule has 2 aliphatic heterocycles. The molecular formula is C53H41N3O3. The molecule has 59 heavy (non-hydrogen) atoms. The van der Waals surface area contributed by atoms with Crippen molar-refractivity contribution in [3.05, 3.63) is 239 Å². The Morgan fingerprint density at radius 2 is 1.00 bits per heavy atom. The predicted octanol–water partition coefficient (Wildman–Crippen LogP) is 13.0. The van der Waals surface area contributed by atoms with Crippen LogP contribution in [0, 0.1) is 6.92 Å². The molecule has 2 heterocycles. The van der Waals surface area contributed by atoms with Gasteiger partial charge in [0.1, 0.15) is 11.5 Å². The van der Waals surface area contributed by atoms with Gasteiger partial charge in [-0.15, -0.1) is 0 Å². The van der Waals surface area contributed by atoms with Crippen LogP contribution in [0.5, 0.6) is 11.5 Å². The van der Waals surface area contributed by atoms with Gasteiger partial charge < -0.3 is 24.6 Å². The molecule has 1 N–H and O–H groups in total. The molecule has 6 heteroatoms. The van der Waals surface area contributed by atoms with E-state index in [9.17, 15) is 4.79 Å². The fraction of sp³-hybridized carbons (Fsp3) is 0.0755. The van der Waals surface area contributed by atoms with Gasteiger partial charge in [0.05, 0.1) is 5.56 Å². The van der Waals surface area contributed by atoms with Gasteiger partial charge in [0.15, 0.2) is 5.60 Å². The van der Waals surface area contributed by atoms with Crippen LogP contribution in [0.1, 0.15) is 43.7 Å². The van der Waals surface area contributed by atoms with Gasteiger partial charge in [-0.05, 0) is 102 Å². The summed E-state index contributed by atoms with van der Waals surface area (Å²) in [6.07, 6.45) is 0. The van der Waals surface area contributed by atoms with Crippen molar-refractivity contribution in [2.24, 2.45) is 0 Å². The highest BCUT2D eigenvalue weighted by Gasteiger charge is 2.53. The molecule has 0 amide bonds. The zero-order chi connectivity index (χ0) is 39.8. The van der Waals surface area contributed by atoms with E-state index in [1.54, 1.807) is 0 Å². The standard InChI is InChI=1S/C53H41N3O3/c1-37-32-50-48(34-49(37)54-40-20-10-4-11-21-40)53(46-25-15-14-24-45(46)52(57)59-53)47-31-30-44(33-51(47)58-50)56(36-39-18-8-3-9-19-39)43-28-26-42(27-29-43)55(41-22-12-5-13-23-41)35-38-16-6-2-7-17-38/h2-34,54H,35-36H2,1H3. The third kappa shape index (κ3) is 6.64. The second-order valence-electron chi connectivity index (χ2n) is 15.0. The normalized spacial score (nSPS) is 14.7. The van der Waals surface area contributed by atoms with Crippen LogP contribution < -0.4 is 19.9 Å². The lowest BCUT2D eigenvalue weighted by Gasteiger charge is -2.38. The quantitative estimate of drug-likeness (QED) is 0.140. The summed E-state index contributed by atoms with van der Waals surface area (Å²) in [4.78, 5) is 18.4. The molecule has 286 valence electrons. The molecule has 0 saturated heterocycles. The Kier molecular flexibility index (Phi) is 9.15. The summed E-state index contributed by atoms with van der Waals surface area (Å²) in [5, 5.41) is 3.58. The molecule has 1 unspecified atom stereocenters. The van der Waals surface area contributed by atoms with Gasteiger partial charge >= 0.3 is 5.97 Å². The molecule has 8 aromatic carbocycles. The van der Waals surface area contributed by atoms with E-state index in [1.807, 2.05) is 66.7 Å². The first-order valence-electron chi connectivity index (χ1n) is 19.9. The highest BCUT2D eigenvalue weighted by atomic mass is 16.6. The molecule has 0 radical (unpaired) electrons. The summed E-state index contributed by atoms with van der Waals surface area (Å²) in [6, 6.07) is 68.5. The monoisotopic (exact) mass is 767 g/mol. The van der Waals surface area contributed by atoms with Crippen LogP contribution in [0.3, 0.4) is 0 Å². The first-order valence-corrected chi connectivity index (χ1v) is 19.9. The van der Waals surface area contributed by atoms with E-state index in [0.29, 0.717) is 23.6 Å². The maximum Gasteiger partial charge on any atom is 0.340 e. The Hall–Kier alpha value is -7.57. The number of hydrogen-bond acceptors (Lipinski definition) is 6. The lowest BCUT2D eigenvalue weighted by Crippen LogP contribution is -2.33. The van der Waals surface area contributed by atoms with Crippen molar-refractivity contribution >= 4 is 40.1 Å². The minimum atomic E-state index is -1.21. The van der Waals surface area contributed by atoms with Crippen LogP contribution in [0.15, 0.2) is 200 Å². The molecule has 10 rings (SSSR count). The minimum absolute atomic E-state index is 0.357. The maximum atomic E-state index is 13.7. The number of nitrogens with one attached hydrogen (secondary N) is 1. The Labute approximate surface area is 344 Å². The fourth-order valence-electron chi connectivity index (χ4n) is 8.40. The molecule has 0 bridgehead atoms. The van der Waals surface area contributed by atoms with Gasteiger partial charge in [0.25, 0.3) is 0 Å². The number of aryl methyl sites for hydroxylation is 1. The molecule has 6 nitrogen and oxygen atoms in total. The highest BCUT2D eigenvalue weighted by Crippen LogP contribution is 2.57. The molecule has 1 atom stereocenters. The Bertz CT molecular complexity index is 2780. The molecule has 8 aromatic rings. The number of benzene rings is 8. The Balaban J connectivity index is 1.07. The lowest BCUT2D eigenvalue weighted by molar-refractivity contribution is 0.0224. The summed E-state index contributed by atoms with van der Waals surface area (Å²) >= 11 is 0. The number of anilines is 6. The van der Waals surface area contributed by atoms with Gasteiger partial charge in [0.2, 0.25) is 0 Å². The van der Waals surface area contributed by atoms with Crippen LogP contribution in [0.2, 0.25) is 0 Å². The summed E-state index contributed by atoms with van der Waals surface area (Å²) in [6.45, 7) is 3.42. The smallest absolute Gasteiger partial charge is 0.340 e. The van der Waals surface area contributed by atoms with Gasteiger partial charge in [-0.2, -0.15) is 0 Å². The molecule has 0 aromatic heterocycles.